The molecule has 8 nitrogen and oxygen atoms in total. The van der Waals surface area contributed by atoms with E-state index >= 15 is 0 Å². The van der Waals surface area contributed by atoms with E-state index in [2.05, 4.69) is 10.6 Å². The molecule has 1 fully saturated rings. The Kier molecular flexibility index (Phi) is 6.38. The molecule has 0 bridgehead atoms. The first kappa shape index (κ1) is 20.3. The maximum Gasteiger partial charge on any atom is 0.251 e. The minimum atomic E-state index is -3.84. The molecule has 1 aromatic rings. The van der Waals surface area contributed by atoms with Crippen LogP contribution in [-0.2, 0) is 14.8 Å². The molecule has 0 saturated carbocycles. The Morgan fingerprint density at radius 1 is 1.35 bits per heavy atom. The van der Waals surface area contributed by atoms with Gasteiger partial charge in [0.05, 0.1) is 17.0 Å². The average molecular weight is 382 g/mol. The van der Waals surface area contributed by atoms with E-state index in [1.807, 2.05) is 13.8 Å². The SMILES string of the molecule is CCC(CC)(CN)NC(=O)c1cccc(S(=O)(=O)N2CCNC(=O)C2)c1. The standard InChI is InChI=1S/C17H26N4O4S/c1-3-17(4-2,12-18)20-16(23)13-6-5-7-14(10-13)26(24,25)21-9-8-19-15(22)11-21/h5-7,10H,3-4,8-9,11-12,18H2,1-2H3,(H,19,22)(H,20,23). The minimum absolute atomic E-state index is 0.00815. The van der Waals surface area contributed by atoms with Crippen LogP contribution in [0.15, 0.2) is 29.2 Å². The Bertz CT molecular complexity index is 766. The summed E-state index contributed by atoms with van der Waals surface area (Å²) in [7, 11) is -3.84. The second-order valence-corrected chi connectivity index (χ2v) is 8.30. The Hall–Kier alpha value is -1.97. The third-order valence-electron chi connectivity index (χ3n) is 4.86. The van der Waals surface area contributed by atoms with E-state index in [4.69, 9.17) is 5.73 Å². The molecular weight excluding hydrogens is 356 g/mol. The van der Waals surface area contributed by atoms with Crippen molar-refractivity contribution in [2.45, 2.75) is 37.1 Å². The molecule has 0 atom stereocenters. The van der Waals surface area contributed by atoms with Gasteiger partial charge in [0.2, 0.25) is 15.9 Å². The van der Waals surface area contributed by atoms with Gasteiger partial charge in [0, 0.05) is 25.2 Å². The molecule has 1 aliphatic rings. The predicted molar refractivity (Wildman–Crippen MR) is 98.0 cm³/mol. The van der Waals surface area contributed by atoms with Crippen LogP contribution < -0.4 is 16.4 Å². The van der Waals surface area contributed by atoms with Gasteiger partial charge in [0.1, 0.15) is 0 Å². The molecule has 4 N–H and O–H groups in total. The molecule has 0 spiro atoms. The van der Waals surface area contributed by atoms with E-state index in [1.165, 1.54) is 18.2 Å². The van der Waals surface area contributed by atoms with E-state index < -0.39 is 15.6 Å². The van der Waals surface area contributed by atoms with Gasteiger partial charge in [-0.15, -0.1) is 0 Å². The Morgan fingerprint density at radius 3 is 2.62 bits per heavy atom. The van der Waals surface area contributed by atoms with Gasteiger partial charge in [0.15, 0.2) is 0 Å². The number of sulfonamides is 1. The molecular formula is C17H26N4O4S. The summed E-state index contributed by atoms with van der Waals surface area (Å²) >= 11 is 0. The van der Waals surface area contributed by atoms with Crippen molar-refractivity contribution >= 4 is 21.8 Å². The van der Waals surface area contributed by atoms with Crippen LogP contribution in [-0.4, -0.2) is 56.3 Å². The molecule has 2 rings (SSSR count). The zero-order valence-electron chi connectivity index (χ0n) is 15.1. The van der Waals surface area contributed by atoms with Gasteiger partial charge in [0.25, 0.3) is 5.91 Å². The highest BCUT2D eigenvalue weighted by molar-refractivity contribution is 7.89. The van der Waals surface area contributed by atoms with Crippen LogP contribution in [0.2, 0.25) is 0 Å². The molecule has 0 aliphatic carbocycles. The summed E-state index contributed by atoms with van der Waals surface area (Å²) in [6.45, 7) is 4.43. The molecule has 2 amide bonds. The predicted octanol–water partition coefficient (Wildman–Crippen LogP) is 0.0544. The molecule has 1 heterocycles. The van der Waals surface area contributed by atoms with Gasteiger partial charge < -0.3 is 16.4 Å². The quantitative estimate of drug-likeness (QED) is 0.615. The van der Waals surface area contributed by atoms with Crippen molar-refractivity contribution in [1.29, 1.82) is 0 Å². The van der Waals surface area contributed by atoms with E-state index in [0.29, 0.717) is 19.4 Å². The maximum atomic E-state index is 12.8. The number of nitrogens with zero attached hydrogens (tertiary/aromatic N) is 1. The second kappa shape index (κ2) is 8.15. The van der Waals surface area contributed by atoms with Gasteiger partial charge in [-0.1, -0.05) is 19.9 Å². The monoisotopic (exact) mass is 382 g/mol. The lowest BCUT2D eigenvalue weighted by atomic mass is 9.92. The lowest BCUT2D eigenvalue weighted by Gasteiger charge is -2.31. The largest absolute Gasteiger partial charge is 0.354 e. The first-order chi connectivity index (χ1) is 12.3. The third kappa shape index (κ3) is 4.22. The molecule has 0 aromatic heterocycles. The summed E-state index contributed by atoms with van der Waals surface area (Å²) in [4.78, 5) is 24.1. The highest BCUT2D eigenvalue weighted by atomic mass is 32.2. The molecule has 1 aliphatic heterocycles. The number of nitrogens with one attached hydrogen (secondary N) is 2. The van der Waals surface area contributed by atoms with Gasteiger partial charge >= 0.3 is 0 Å². The Balaban J connectivity index is 2.27. The number of nitrogens with two attached hydrogens (primary N) is 1. The summed E-state index contributed by atoms with van der Waals surface area (Å²) in [6.07, 6.45) is 1.35. The van der Waals surface area contributed by atoms with Crippen LogP contribution in [0, 0.1) is 0 Å². The fraction of sp³-hybridized carbons (Fsp3) is 0.529. The summed E-state index contributed by atoms with van der Waals surface area (Å²) in [6, 6.07) is 5.84. The van der Waals surface area contributed by atoms with Crippen molar-refractivity contribution in [2.24, 2.45) is 5.73 Å². The minimum Gasteiger partial charge on any atom is -0.354 e. The van der Waals surface area contributed by atoms with Gasteiger partial charge in [-0.25, -0.2) is 8.42 Å². The van der Waals surface area contributed by atoms with Crippen LogP contribution in [0.4, 0.5) is 0 Å². The highest BCUT2D eigenvalue weighted by Gasteiger charge is 2.30. The first-order valence-electron chi connectivity index (χ1n) is 8.67. The fourth-order valence-corrected chi connectivity index (χ4v) is 4.29. The molecule has 26 heavy (non-hydrogen) atoms. The van der Waals surface area contributed by atoms with Gasteiger partial charge in [-0.2, -0.15) is 4.31 Å². The van der Waals surface area contributed by atoms with Crippen LogP contribution in [0.5, 0.6) is 0 Å². The number of hydrogen-bond acceptors (Lipinski definition) is 5. The van der Waals surface area contributed by atoms with Crippen LogP contribution >= 0.6 is 0 Å². The number of piperazine rings is 1. The molecule has 144 valence electrons. The lowest BCUT2D eigenvalue weighted by molar-refractivity contribution is -0.122. The van der Waals surface area contributed by atoms with Crippen molar-refractivity contribution < 1.29 is 18.0 Å². The zero-order chi connectivity index (χ0) is 19.4. The lowest BCUT2D eigenvalue weighted by Crippen LogP contribution is -2.53. The van der Waals surface area contributed by atoms with E-state index in [-0.39, 0.29) is 41.9 Å². The molecule has 0 unspecified atom stereocenters. The third-order valence-corrected chi connectivity index (χ3v) is 6.70. The Labute approximate surface area is 154 Å². The van der Waals surface area contributed by atoms with Crippen LogP contribution in [0.25, 0.3) is 0 Å². The summed E-state index contributed by atoms with van der Waals surface area (Å²) in [5, 5.41) is 5.51. The molecule has 1 aromatic carbocycles. The van der Waals surface area contributed by atoms with Gasteiger partial charge in [-0.3, -0.25) is 9.59 Å². The van der Waals surface area contributed by atoms with Crippen molar-refractivity contribution in [1.82, 2.24) is 14.9 Å². The van der Waals surface area contributed by atoms with Crippen molar-refractivity contribution in [2.75, 3.05) is 26.2 Å². The van der Waals surface area contributed by atoms with Crippen molar-refractivity contribution in [3.05, 3.63) is 29.8 Å². The number of carbonyl (C=O) groups is 2. The number of amides is 2. The zero-order valence-corrected chi connectivity index (χ0v) is 15.9. The number of benzene rings is 1. The molecule has 1 saturated heterocycles. The normalized spacial score (nSPS) is 16.2. The number of rotatable bonds is 7. The smallest absolute Gasteiger partial charge is 0.251 e. The second-order valence-electron chi connectivity index (χ2n) is 6.36. The van der Waals surface area contributed by atoms with Crippen LogP contribution in [0.1, 0.15) is 37.0 Å². The summed E-state index contributed by atoms with van der Waals surface area (Å²) in [5.41, 5.74) is 5.54. The summed E-state index contributed by atoms with van der Waals surface area (Å²) in [5.74, 6) is -0.708. The first-order valence-corrected chi connectivity index (χ1v) is 10.1. The topological polar surface area (TPSA) is 122 Å². The van der Waals surface area contributed by atoms with Gasteiger partial charge in [-0.05, 0) is 31.0 Å². The van der Waals surface area contributed by atoms with E-state index in [1.54, 1.807) is 6.07 Å². The van der Waals surface area contributed by atoms with E-state index in [0.717, 1.165) is 4.31 Å². The molecule has 0 radical (unpaired) electrons. The van der Waals surface area contributed by atoms with Crippen molar-refractivity contribution in [3.8, 4) is 0 Å². The fourth-order valence-electron chi connectivity index (χ4n) is 2.85. The van der Waals surface area contributed by atoms with Crippen molar-refractivity contribution in [3.63, 3.8) is 0 Å². The number of carbonyl (C=O) groups excluding carboxylic acids is 2. The van der Waals surface area contributed by atoms with E-state index in [9.17, 15) is 18.0 Å². The Morgan fingerprint density at radius 2 is 2.04 bits per heavy atom. The van der Waals surface area contributed by atoms with Crippen LogP contribution in [0.3, 0.4) is 0 Å². The molecule has 9 heteroatoms. The number of hydrogen-bond donors (Lipinski definition) is 3. The summed E-state index contributed by atoms with van der Waals surface area (Å²) < 4.78 is 26.6. The average Bonchev–Trinajstić information content (AvgIpc) is 2.66. The maximum absolute atomic E-state index is 12.8. The highest BCUT2D eigenvalue weighted by Crippen LogP contribution is 2.19.